The minimum absolute atomic E-state index is 0.0131. The lowest BCUT2D eigenvalue weighted by Gasteiger charge is -2.35. The molecule has 236 valence electrons. The van der Waals surface area contributed by atoms with Crippen LogP contribution in [-0.2, 0) is 32.6 Å². The molecule has 0 bridgehead atoms. The number of sulfonamides is 1. The molecule has 1 atom stereocenters. The van der Waals surface area contributed by atoms with E-state index >= 15 is 0 Å². The molecule has 0 radical (unpaired) electrons. The summed E-state index contributed by atoms with van der Waals surface area (Å²) in [5, 5.41) is 14.9. The Hall–Kier alpha value is -3.87. The first kappa shape index (κ1) is 34.6. The van der Waals surface area contributed by atoms with Gasteiger partial charge in [0.1, 0.15) is 24.0 Å². The SMILES string of the molecule is COc1ccc([N+](=O)[O-])cc1N(CC(=O)N(Cc1c(Cl)cccc1Cl)[C@@H](Cc1ccccc1)C(=O)NC(C)(C)C)S(C)(=O)=O. The van der Waals surface area contributed by atoms with Gasteiger partial charge in [-0.1, -0.05) is 59.6 Å². The predicted molar refractivity (Wildman–Crippen MR) is 171 cm³/mol. The van der Waals surface area contributed by atoms with Crippen LogP contribution in [0.1, 0.15) is 31.9 Å². The maximum Gasteiger partial charge on any atom is 0.271 e. The van der Waals surface area contributed by atoms with Gasteiger partial charge in [0.05, 0.1) is 18.3 Å². The van der Waals surface area contributed by atoms with Gasteiger partial charge < -0.3 is 15.0 Å². The number of nitrogens with zero attached hydrogens (tertiary/aromatic N) is 3. The third kappa shape index (κ3) is 9.07. The predicted octanol–water partition coefficient (Wildman–Crippen LogP) is 5.23. The fourth-order valence-corrected chi connectivity index (χ4v) is 5.80. The van der Waals surface area contributed by atoms with Gasteiger partial charge >= 0.3 is 0 Å². The van der Waals surface area contributed by atoms with Crippen LogP contribution < -0.4 is 14.4 Å². The van der Waals surface area contributed by atoms with Gasteiger partial charge in [0.25, 0.3) is 5.69 Å². The van der Waals surface area contributed by atoms with Crippen LogP contribution in [0.25, 0.3) is 0 Å². The number of rotatable bonds is 12. The third-order valence-electron chi connectivity index (χ3n) is 6.48. The lowest BCUT2D eigenvalue weighted by Crippen LogP contribution is -2.56. The fourth-order valence-electron chi connectivity index (χ4n) is 4.44. The van der Waals surface area contributed by atoms with Gasteiger partial charge in [-0.2, -0.15) is 0 Å². The van der Waals surface area contributed by atoms with E-state index in [1.807, 2.05) is 6.07 Å². The monoisotopic (exact) mass is 664 g/mol. The van der Waals surface area contributed by atoms with Crippen molar-refractivity contribution in [2.45, 2.75) is 45.3 Å². The fraction of sp³-hybridized carbons (Fsp3) is 0.333. The number of ether oxygens (including phenoxy) is 1. The molecule has 0 spiro atoms. The molecular weight excluding hydrogens is 631 g/mol. The lowest BCUT2D eigenvalue weighted by molar-refractivity contribution is -0.384. The van der Waals surface area contributed by atoms with Crippen LogP contribution >= 0.6 is 23.2 Å². The molecule has 3 aromatic carbocycles. The smallest absolute Gasteiger partial charge is 0.271 e. The zero-order valence-corrected chi connectivity index (χ0v) is 27.2. The largest absolute Gasteiger partial charge is 0.495 e. The number of halogens is 2. The molecule has 14 heteroatoms. The van der Waals surface area contributed by atoms with Crippen LogP contribution in [0.3, 0.4) is 0 Å². The summed E-state index contributed by atoms with van der Waals surface area (Å²) in [6.45, 7) is 4.33. The summed E-state index contributed by atoms with van der Waals surface area (Å²) in [4.78, 5) is 40.2. The highest BCUT2D eigenvalue weighted by molar-refractivity contribution is 7.92. The van der Waals surface area contributed by atoms with E-state index in [0.717, 1.165) is 24.0 Å². The Morgan fingerprint density at radius 1 is 1.02 bits per heavy atom. The van der Waals surface area contributed by atoms with E-state index in [0.29, 0.717) is 9.87 Å². The van der Waals surface area contributed by atoms with Crippen molar-refractivity contribution < 1.29 is 27.7 Å². The number of nitrogens with one attached hydrogen (secondary N) is 1. The molecule has 44 heavy (non-hydrogen) atoms. The molecule has 1 N–H and O–H groups in total. The van der Waals surface area contributed by atoms with Crippen LogP contribution in [0.5, 0.6) is 5.75 Å². The van der Waals surface area contributed by atoms with E-state index in [1.54, 1.807) is 63.2 Å². The van der Waals surface area contributed by atoms with E-state index in [1.165, 1.54) is 18.1 Å². The maximum atomic E-state index is 14.3. The quantitative estimate of drug-likeness (QED) is 0.207. The first-order chi connectivity index (χ1) is 20.5. The number of anilines is 1. The minimum atomic E-state index is -4.21. The number of hydrogen-bond acceptors (Lipinski definition) is 7. The summed E-state index contributed by atoms with van der Waals surface area (Å²) >= 11 is 13.0. The van der Waals surface area contributed by atoms with E-state index in [2.05, 4.69) is 5.32 Å². The zero-order chi connectivity index (χ0) is 32.8. The first-order valence-corrected chi connectivity index (χ1v) is 16.0. The molecule has 0 fully saturated rings. The molecule has 0 heterocycles. The molecule has 0 aromatic heterocycles. The van der Waals surface area contributed by atoms with E-state index in [4.69, 9.17) is 27.9 Å². The van der Waals surface area contributed by atoms with Gasteiger partial charge in [-0.25, -0.2) is 8.42 Å². The van der Waals surface area contributed by atoms with Crippen LogP contribution in [0.4, 0.5) is 11.4 Å². The highest BCUT2D eigenvalue weighted by Crippen LogP contribution is 2.34. The Labute approximate surface area is 266 Å². The Balaban J connectivity index is 2.19. The Morgan fingerprint density at radius 3 is 2.16 bits per heavy atom. The lowest BCUT2D eigenvalue weighted by atomic mass is 10.0. The topological polar surface area (TPSA) is 139 Å². The number of carbonyl (C=O) groups is 2. The van der Waals surface area contributed by atoms with Gasteiger partial charge in [-0.15, -0.1) is 0 Å². The number of methoxy groups -OCH3 is 1. The normalized spacial score (nSPS) is 12.2. The third-order valence-corrected chi connectivity index (χ3v) is 8.32. The van der Waals surface area contributed by atoms with Crippen LogP contribution in [0, 0.1) is 10.1 Å². The number of nitro groups is 1. The highest BCUT2D eigenvalue weighted by atomic mass is 35.5. The molecule has 3 rings (SSSR count). The summed E-state index contributed by atoms with van der Waals surface area (Å²) < 4.78 is 32.2. The van der Waals surface area contributed by atoms with Crippen LogP contribution in [0.15, 0.2) is 66.7 Å². The Bertz CT molecular complexity index is 1610. The van der Waals surface area contributed by atoms with Crippen molar-refractivity contribution in [3.8, 4) is 5.75 Å². The van der Waals surface area contributed by atoms with Crippen molar-refractivity contribution in [2.75, 3.05) is 24.2 Å². The molecule has 0 aliphatic heterocycles. The number of carbonyl (C=O) groups excluding carboxylic acids is 2. The number of benzene rings is 3. The summed E-state index contributed by atoms with van der Waals surface area (Å²) in [5.74, 6) is -1.29. The standard InChI is InChI=1S/C30H34Cl2N4O7S/c1-30(2,3)33-29(38)26(16-20-10-7-6-8-11-20)34(18-22-23(31)12-9-13-24(22)32)28(37)19-35(44(5,41)42)25-17-21(36(39)40)14-15-27(25)43-4/h6-15,17,26H,16,18-19H2,1-5H3,(H,33,38)/t26-/m0/s1. The second-order valence-electron chi connectivity index (χ2n) is 11.0. The summed E-state index contributed by atoms with van der Waals surface area (Å²) in [5.41, 5.74) is -0.201. The molecule has 0 saturated carbocycles. The Morgan fingerprint density at radius 2 is 1.64 bits per heavy atom. The molecular formula is C30H34Cl2N4O7S. The maximum absolute atomic E-state index is 14.3. The van der Waals surface area contributed by atoms with E-state index in [9.17, 15) is 28.1 Å². The van der Waals surface area contributed by atoms with Gasteiger partial charge in [0, 0.05) is 46.2 Å². The summed E-state index contributed by atoms with van der Waals surface area (Å²) in [6, 6.07) is 16.1. The average molecular weight is 666 g/mol. The molecule has 0 saturated heterocycles. The molecule has 11 nitrogen and oxygen atoms in total. The van der Waals surface area contributed by atoms with Crippen molar-refractivity contribution in [1.29, 1.82) is 0 Å². The summed E-state index contributed by atoms with van der Waals surface area (Å²) in [7, 11) is -2.94. The van der Waals surface area contributed by atoms with Gasteiger partial charge in [-0.05, 0) is 44.5 Å². The number of non-ortho nitro benzene ring substituents is 1. The van der Waals surface area contributed by atoms with E-state index in [-0.39, 0.29) is 34.4 Å². The van der Waals surface area contributed by atoms with Crippen LogP contribution in [0.2, 0.25) is 10.0 Å². The van der Waals surface area contributed by atoms with Crippen molar-refractivity contribution in [2.24, 2.45) is 0 Å². The number of hydrogen-bond donors (Lipinski definition) is 1. The van der Waals surface area contributed by atoms with Crippen molar-refractivity contribution in [3.05, 3.63) is 98.0 Å². The van der Waals surface area contributed by atoms with E-state index < -0.39 is 50.6 Å². The van der Waals surface area contributed by atoms with Gasteiger partial charge in [-0.3, -0.25) is 24.0 Å². The number of amides is 2. The highest BCUT2D eigenvalue weighted by Gasteiger charge is 2.36. The average Bonchev–Trinajstić information content (AvgIpc) is 2.93. The number of nitro benzene ring substituents is 1. The van der Waals surface area contributed by atoms with Gasteiger partial charge in [0.15, 0.2) is 0 Å². The van der Waals surface area contributed by atoms with Crippen molar-refractivity contribution >= 4 is 56.4 Å². The molecule has 0 aliphatic carbocycles. The van der Waals surface area contributed by atoms with Crippen molar-refractivity contribution in [1.82, 2.24) is 10.2 Å². The molecule has 0 unspecified atom stereocenters. The minimum Gasteiger partial charge on any atom is -0.495 e. The van der Waals surface area contributed by atoms with Crippen molar-refractivity contribution in [3.63, 3.8) is 0 Å². The second kappa shape index (κ2) is 14.3. The molecule has 3 aromatic rings. The zero-order valence-electron chi connectivity index (χ0n) is 24.9. The Kier molecular flexibility index (Phi) is 11.2. The summed E-state index contributed by atoms with van der Waals surface area (Å²) in [6.07, 6.45) is 0.942. The van der Waals surface area contributed by atoms with Crippen LogP contribution in [-0.4, -0.2) is 61.5 Å². The first-order valence-electron chi connectivity index (χ1n) is 13.4. The second-order valence-corrected chi connectivity index (χ2v) is 13.8. The van der Waals surface area contributed by atoms with Gasteiger partial charge in [0.2, 0.25) is 21.8 Å². The molecule has 2 amide bonds. The molecule has 0 aliphatic rings.